The summed E-state index contributed by atoms with van der Waals surface area (Å²) in [6.45, 7) is 2.66. The topological polar surface area (TPSA) is 85.6 Å². The number of carbonyl (C=O) groups is 1. The van der Waals surface area contributed by atoms with Crippen molar-refractivity contribution in [1.82, 2.24) is 14.9 Å². The fourth-order valence-corrected chi connectivity index (χ4v) is 5.40. The predicted molar refractivity (Wildman–Crippen MR) is 158 cm³/mol. The molecule has 1 amide bonds. The first kappa shape index (κ1) is 26.9. The first-order chi connectivity index (χ1) is 20.1. The molecule has 0 aliphatic carbocycles. The van der Waals surface area contributed by atoms with Crippen LogP contribution < -0.4 is 5.32 Å². The number of carbonyl (C=O) groups excluding carboxylic acids is 1. The van der Waals surface area contributed by atoms with Gasteiger partial charge in [-0.05, 0) is 39.9 Å². The van der Waals surface area contributed by atoms with Crippen LogP contribution in [-0.2, 0) is 34.0 Å². The van der Waals surface area contributed by atoms with E-state index in [0.717, 1.165) is 44.4 Å². The summed E-state index contributed by atoms with van der Waals surface area (Å²) in [7, 11) is 0. The van der Waals surface area contributed by atoms with Crippen molar-refractivity contribution < 1.29 is 19.4 Å². The molecule has 0 radical (unpaired) electrons. The van der Waals surface area contributed by atoms with Crippen LogP contribution in [0.3, 0.4) is 0 Å². The molecule has 0 bridgehead atoms. The molecule has 6 rings (SSSR count). The average molecular weight is 548 g/mol. The van der Waals surface area contributed by atoms with Crippen molar-refractivity contribution in [3.8, 4) is 11.1 Å². The van der Waals surface area contributed by atoms with Gasteiger partial charge in [-0.1, -0.05) is 84.9 Å². The minimum Gasteiger partial charge on any atom is -0.392 e. The third kappa shape index (κ3) is 6.07. The van der Waals surface area contributed by atoms with Gasteiger partial charge >= 0.3 is 0 Å². The van der Waals surface area contributed by atoms with Crippen LogP contribution in [0.1, 0.15) is 48.0 Å². The Morgan fingerprint density at radius 3 is 2.44 bits per heavy atom. The number of ether oxygens (including phenoxy) is 2. The molecule has 1 fully saturated rings. The van der Waals surface area contributed by atoms with Crippen molar-refractivity contribution >= 4 is 16.9 Å². The molecule has 1 aromatic heterocycles. The van der Waals surface area contributed by atoms with Crippen LogP contribution in [0.5, 0.6) is 0 Å². The number of aromatic nitrogens is 2. The minimum atomic E-state index is -0.547. The van der Waals surface area contributed by atoms with Crippen LogP contribution in [0.4, 0.5) is 0 Å². The zero-order valence-corrected chi connectivity index (χ0v) is 22.9. The third-order valence-electron chi connectivity index (χ3n) is 7.58. The standard InChI is InChI=1S/C34H33N3O4/c1-23(39)35-19-28-6-2-3-7-30(28)25-14-16-27(17-15-25)34-40-29(20-37-22-36-31-8-4-5-9-32(31)37)18-33(41-34)26-12-10-24(21-38)11-13-26/h2-17,22,29,33-34,38H,18-21H2,1H3,(H,35,39)/t29-,33+,34+/m0/s1. The van der Waals surface area contributed by atoms with Gasteiger partial charge in [-0.2, -0.15) is 0 Å². The van der Waals surface area contributed by atoms with Gasteiger partial charge in [0.05, 0.1) is 42.7 Å². The Morgan fingerprint density at radius 2 is 1.66 bits per heavy atom. The number of fused-ring (bicyclic) bond motifs is 1. The maximum absolute atomic E-state index is 11.5. The fourth-order valence-electron chi connectivity index (χ4n) is 5.40. The van der Waals surface area contributed by atoms with E-state index in [4.69, 9.17) is 9.47 Å². The van der Waals surface area contributed by atoms with E-state index < -0.39 is 6.29 Å². The van der Waals surface area contributed by atoms with E-state index in [1.807, 2.05) is 67.0 Å². The van der Waals surface area contributed by atoms with Gasteiger partial charge in [-0.15, -0.1) is 0 Å². The maximum atomic E-state index is 11.5. The third-order valence-corrected chi connectivity index (χ3v) is 7.58. The Morgan fingerprint density at radius 1 is 0.927 bits per heavy atom. The van der Waals surface area contributed by atoms with Gasteiger partial charge in [0.2, 0.25) is 5.91 Å². The van der Waals surface area contributed by atoms with E-state index in [1.54, 1.807) is 0 Å². The molecule has 0 unspecified atom stereocenters. The maximum Gasteiger partial charge on any atom is 0.217 e. The number of aliphatic hydroxyl groups excluding tert-OH is 1. The molecule has 41 heavy (non-hydrogen) atoms. The van der Waals surface area contributed by atoms with Crippen molar-refractivity contribution in [2.24, 2.45) is 0 Å². The fraction of sp³-hybridized carbons (Fsp3) is 0.235. The van der Waals surface area contributed by atoms with Gasteiger partial charge in [0.1, 0.15) is 0 Å². The van der Waals surface area contributed by atoms with E-state index in [1.165, 1.54) is 6.92 Å². The largest absolute Gasteiger partial charge is 0.392 e. The summed E-state index contributed by atoms with van der Waals surface area (Å²) in [5, 5.41) is 12.4. The SMILES string of the molecule is CC(=O)NCc1ccccc1-c1ccc([C@@H]2O[C@H](Cn3cnc4ccccc43)C[C@H](c3ccc(CO)cc3)O2)cc1. The zero-order valence-electron chi connectivity index (χ0n) is 22.9. The number of para-hydroxylation sites is 2. The van der Waals surface area contributed by atoms with E-state index >= 15 is 0 Å². The van der Waals surface area contributed by atoms with Crippen molar-refractivity contribution in [3.63, 3.8) is 0 Å². The number of hydrogen-bond acceptors (Lipinski definition) is 5. The highest BCUT2D eigenvalue weighted by atomic mass is 16.7. The molecule has 2 heterocycles. The molecule has 7 nitrogen and oxygen atoms in total. The van der Waals surface area contributed by atoms with Crippen LogP contribution in [0, 0.1) is 0 Å². The lowest BCUT2D eigenvalue weighted by atomic mass is 9.97. The van der Waals surface area contributed by atoms with Crippen LogP contribution >= 0.6 is 0 Å². The molecule has 2 N–H and O–H groups in total. The lowest BCUT2D eigenvalue weighted by Crippen LogP contribution is -2.32. The van der Waals surface area contributed by atoms with Gasteiger partial charge in [-0.3, -0.25) is 4.79 Å². The molecule has 1 aliphatic heterocycles. The van der Waals surface area contributed by atoms with Crippen LogP contribution in [0.25, 0.3) is 22.2 Å². The first-order valence-electron chi connectivity index (χ1n) is 13.9. The zero-order chi connectivity index (χ0) is 28.2. The van der Waals surface area contributed by atoms with Crippen LogP contribution in [-0.4, -0.2) is 26.7 Å². The van der Waals surface area contributed by atoms with Gasteiger partial charge in [-0.25, -0.2) is 4.98 Å². The number of amides is 1. The number of nitrogens with zero attached hydrogens (tertiary/aromatic N) is 2. The van der Waals surface area contributed by atoms with E-state index in [0.29, 0.717) is 19.5 Å². The van der Waals surface area contributed by atoms with Crippen LogP contribution in [0.2, 0.25) is 0 Å². The minimum absolute atomic E-state index is 0.00810. The summed E-state index contributed by atoms with van der Waals surface area (Å²) in [5.41, 5.74) is 8.08. The lowest BCUT2D eigenvalue weighted by molar-refractivity contribution is -0.252. The van der Waals surface area contributed by atoms with E-state index in [9.17, 15) is 9.90 Å². The highest BCUT2D eigenvalue weighted by Gasteiger charge is 2.32. The highest BCUT2D eigenvalue weighted by molar-refractivity contribution is 5.75. The van der Waals surface area contributed by atoms with E-state index in [2.05, 4.69) is 51.3 Å². The molecule has 7 heteroatoms. The smallest absolute Gasteiger partial charge is 0.217 e. The Hall–Kier alpha value is -4.30. The van der Waals surface area contributed by atoms with Crippen molar-refractivity contribution in [3.05, 3.63) is 126 Å². The molecule has 3 atom stereocenters. The Labute approximate surface area is 239 Å². The first-order valence-corrected chi connectivity index (χ1v) is 13.9. The Balaban J connectivity index is 1.27. The summed E-state index contributed by atoms with van der Waals surface area (Å²) in [5.74, 6) is -0.0550. The quantitative estimate of drug-likeness (QED) is 0.246. The van der Waals surface area contributed by atoms with Gasteiger partial charge in [0.15, 0.2) is 6.29 Å². The molecule has 1 saturated heterocycles. The van der Waals surface area contributed by atoms with Gasteiger partial charge in [0.25, 0.3) is 0 Å². The molecule has 5 aromatic rings. The Bertz CT molecular complexity index is 1630. The molecule has 1 aliphatic rings. The molecule has 208 valence electrons. The number of aliphatic hydroxyl groups is 1. The van der Waals surface area contributed by atoms with Gasteiger partial charge in [0, 0.05) is 25.5 Å². The monoisotopic (exact) mass is 547 g/mol. The molecule has 0 spiro atoms. The summed E-state index contributed by atoms with van der Waals surface area (Å²) in [6.07, 6.45) is 1.74. The molecular formula is C34H33N3O4. The highest BCUT2D eigenvalue weighted by Crippen LogP contribution is 2.39. The van der Waals surface area contributed by atoms with Crippen molar-refractivity contribution in [2.75, 3.05) is 0 Å². The number of nitrogens with one attached hydrogen (secondary N) is 1. The molecular weight excluding hydrogens is 514 g/mol. The van der Waals surface area contributed by atoms with Crippen molar-refractivity contribution in [2.45, 2.75) is 51.5 Å². The number of hydrogen-bond donors (Lipinski definition) is 2. The van der Waals surface area contributed by atoms with Crippen molar-refractivity contribution in [1.29, 1.82) is 0 Å². The summed E-state index contributed by atoms with van der Waals surface area (Å²) in [6, 6.07) is 32.4. The second-order valence-corrected chi connectivity index (χ2v) is 10.4. The van der Waals surface area contributed by atoms with Crippen LogP contribution in [0.15, 0.2) is 103 Å². The lowest BCUT2D eigenvalue weighted by Gasteiger charge is -2.36. The summed E-state index contributed by atoms with van der Waals surface area (Å²) >= 11 is 0. The second kappa shape index (κ2) is 12.1. The number of imidazole rings is 1. The normalized spacial score (nSPS) is 18.8. The number of rotatable bonds is 8. The Kier molecular flexibility index (Phi) is 7.91. The number of benzene rings is 4. The van der Waals surface area contributed by atoms with Gasteiger partial charge < -0.3 is 24.5 Å². The summed E-state index contributed by atoms with van der Waals surface area (Å²) < 4.78 is 15.3. The second-order valence-electron chi connectivity index (χ2n) is 10.4. The average Bonchev–Trinajstić information content (AvgIpc) is 3.42. The summed E-state index contributed by atoms with van der Waals surface area (Å²) in [4.78, 5) is 16.0. The predicted octanol–water partition coefficient (Wildman–Crippen LogP) is 6.08. The molecule has 4 aromatic carbocycles. The van der Waals surface area contributed by atoms with E-state index in [-0.39, 0.29) is 24.7 Å². The molecule has 0 saturated carbocycles.